The van der Waals surface area contributed by atoms with Crippen LogP contribution in [0.15, 0.2) is 36.8 Å². The number of benzene rings is 1. The van der Waals surface area contributed by atoms with E-state index in [0.29, 0.717) is 23.7 Å². The number of anilines is 3. The van der Waals surface area contributed by atoms with E-state index < -0.39 is 0 Å². The fourth-order valence-electron chi connectivity index (χ4n) is 5.49. The first kappa shape index (κ1) is 21.8. The molecular weight excluding hydrogens is 440 g/mol. The highest BCUT2D eigenvalue weighted by Gasteiger charge is 2.45. The minimum Gasteiger partial charge on any atom is -0.492 e. The summed E-state index contributed by atoms with van der Waals surface area (Å²) < 4.78 is 7.82. The van der Waals surface area contributed by atoms with Gasteiger partial charge in [-0.05, 0) is 51.0 Å². The second-order valence-electron chi connectivity index (χ2n) is 9.82. The van der Waals surface area contributed by atoms with E-state index in [1.807, 2.05) is 49.9 Å². The Morgan fingerprint density at radius 1 is 1.11 bits per heavy atom. The van der Waals surface area contributed by atoms with Gasteiger partial charge in [0.1, 0.15) is 17.6 Å². The molecule has 180 valence electrons. The third kappa shape index (κ3) is 3.94. The van der Waals surface area contributed by atoms with Crippen molar-refractivity contribution < 1.29 is 4.74 Å². The smallest absolute Gasteiger partial charge is 0.227 e. The highest BCUT2D eigenvalue weighted by molar-refractivity contribution is 5.90. The van der Waals surface area contributed by atoms with Crippen LogP contribution in [0.25, 0.3) is 22.3 Å². The largest absolute Gasteiger partial charge is 0.492 e. The van der Waals surface area contributed by atoms with Crippen molar-refractivity contribution in [2.45, 2.75) is 39.5 Å². The van der Waals surface area contributed by atoms with Gasteiger partial charge in [0.2, 0.25) is 5.95 Å². The first-order valence-corrected chi connectivity index (χ1v) is 12.3. The second-order valence-corrected chi connectivity index (χ2v) is 9.82. The molecule has 0 radical (unpaired) electrons. The maximum atomic E-state index is 5.94. The van der Waals surface area contributed by atoms with Gasteiger partial charge in [0, 0.05) is 48.4 Å². The molecule has 0 unspecified atom stereocenters. The summed E-state index contributed by atoms with van der Waals surface area (Å²) in [6, 6.07) is 7.98. The van der Waals surface area contributed by atoms with E-state index >= 15 is 0 Å². The SMILES string of the molecule is CCOc1cc(-c2nncn2C)ccc1Nc1ncc2cc(C)nc(N3CC4(CCCC4)C3)c2n1. The van der Waals surface area contributed by atoms with Crippen LogP contribution in [0.5, 0.6) is 5.75 Å². The zero-order chi connectivity index (χ0) is 24.0. The topological polar surface area (TPSA) is 93.9 Å². The van der Waals surface area contributed by atoms with E-state index in [1.54, 1.807) is 6.33 Å². The number of nitrogens with one attached hydrogen (secondary N) is 1. The lowest BCUT2D eigenvalue weighted by Gasteiger charge is -2.49. The normalized spacial score (nSPS) is 16.6. The molecule has 0 amide bonds. The van der Waals surface area contributed by atoms with Crippen molar-refractivity contribution in [3.8, 4) is 17.1 Å². The van der Waals surface area contributed by atoms with Crippen LogP contribution in [0.4, 0.5) is 17.5 Å². The number of pyridine rings is 1. The van der Waals surface area contributed by atoms with E-state index in [9.17, 15) is 0 Å². The fraction of sp³-hybridized carbons (Fsp3) is 0.423. The van der Waals surface area contributed by atoms with E-state index in [-0.39, 0.29) is 0 Å². The minimum absolute atomic E-state index is 0.489. The molecule has 1 saturated heterocycles. The number of aromatic nitrogens is 6. The summed E-state index contributed by atoms with van der Waals surface area (Å²) in [5.74, 6) is 2.98. The summed E-state index contributed by atoms with van der Waals surface area (Å²) in [7, 11) is 1.92. The maximum absolute atomic E-state index is 5.94. The van der Waals surface area contributed by atoms with Crippen molar-refractivity contribution in [1.82, 2.24) is 29.7 Å². The second kappa shape index (κ2) is 8.48. The lowest BCUT2D eigenvalue weighted by atomic mass is 9.78. The zero-order valence-corrected chi connectivity index (χ0v) is 20.5. The predicted molar refractivity (Wildman–Crippen MR) is 136 cm³/mol. The van der Waals surface area contributed by atoms with Crippen LogP contribution in [-0.2, 0) is 7.05 Å². The number of hydrogen-bond acceptors (Lipinski definition) is 8. The van der Waals surface area contributed by atoms with E-state index in [4.69, 9.17) is 14.7 Å². The Morgan fingerprint density at radius 2 is 1.94 bits per heavy atom. The third-order valence-electron chi connectivity index (χ3n) is 7.19. The summed E-state index contributed by atoms with van der Waals surface area (Å²) in [6.07, 6.45) is 8.93. The van der Waals surface area contributed by atoms with Crippen molar-refractivity contribution in [3.63, 3.8) is 0 Å². The summed E-state index contributed by atoms with van der Waals surface area (Å²) in [4.78, 5) is 16.8. The molecule has 6 rings (SSSR count). The van der Waals surface area contributed by atoms with Gasteiger partial charge in [-0.1, -0.05) is 12.8 Å². The lowest BCUT2D eigenvalue weighted by Crippen LogP contribution is -2.55. The number of ether oxygens (including phenoxy) is 1. The molecule has 1 spiro atoms. The molecule has 9 nitrogen and oxygen atoms in total. The fourth-order valence-corrected chi connectivity index (χ4v) is 5.49. The highest BCUT2D eigenvalue weighted by Crippen LogP contribution is 2.47. The minimum atomic E-state index is 0.489. The van der Waals surface area contributed by atoms with Crippen LogP contribution in [-0.4, -0.2) is 49.4 Å². The van der Waals surface area contributed by atoms with Crippen LogP contribution in [0.1, 0.15) is 38.3 Å². The van der Waals surface area contributed by atoms with Crippen LogP contribution in [0, 0.1) is 12.3 Å². The molecule has 0 bridgehead atoms. The summed E-state index contributed by atoms with van der Waals surface area (Å²) >= 11 is 0. The van der Waals surface area contributed by atoms with Gasteiger partial charge in [0.05, 0.1) is 12.3 Å². The summed E-state index contributed by atoms with van der Waals surface area (Å²) in [5.41, 5.74) is 4.09. The van der Waals surface area contributed by atoms with Crippen molar-refractivity contribution in [2.24, 2.45) is 12.5 Å². The molecule has 2 fully saturated rings. The molecule has 3 aromatic heterocycles. The molecule has 1 aromatic carbocycles. The number of rotatable bonds is 6. The first-order chi connectivity index (χ1) is 17.0. The van der Waals surface area contributed by atoms with Gasteiger partial charge >= 0.3 is 0 Å². The average molecular weight is 471 g/mol. The van der Waals surface area contributed by atoms with E-state index in [2.05, 4.69) is 31.5 Å². The molecule has 35 heavy (non-hydrogen) atoms. The quantitative estimate of drug-likeness (QED) is 0.435. The van der Waals surface area contributed by atoms with Crippen molar-refractivity contribution in [3.05, 3.63) is 42.5 Å². The Balaban J connectivity index is 1.32. The van der Waals surface area contributed by atoms with Gasteiger partial charge in [0.25, 0.3) is 0 Å². The van der Waals surface area contributed by atoms with Crippen molar-refractivity contribution in [1.29, 1.82) is 0 Å². The lowest BCUT2D eigenvalue weighted by molar-refractivity contribution is 0.221. The maximum Gasteiger partial charge on any atom is 0.227 e. The molecule has 4 aromatic rings. The van der Waals surface area contributed by atoms with Crippen LogP contribution < -0.4 is 15.0 Å². The molecule has 0 atom stereocenters. The summed E-state index contributed by atoms with van der Waals surface area (Å²) in [6.45, 7) is 6.69. The molecule has 9 heteroatoms. The molecule has 2 aliphatic rings. The van der Waals surface area contributed by atoms with Crippen LogP contribution in [0.2, 0.25) is 0 Å². The summed E-state index contributed by atoms with van der Waals surface area (Å²) in [5, 5.41) is 12.6. The molecule has 1 N–H and O–H groups in total. The van der Waals surface area contributed by atoms with Crippen molar-refractivity contribution in [2.75, 3.05) is 29.9 Å². The Bertz CT molecular complexity index is 1380. The zero-order valence-electron chi connectivity index (χ0n) is 20.5. The van der Waals surface area contributed by atoms with Crippen LogP contribution in [0.3, 0.4) is 0 Å². The third-order valence-corrected chi connectivity index (χ3v) is 7.19. The molecule has 1 saturated carbocycles. The number of hydrogen-bond donors (Lipinski definition) is 1. The highest BCUT2D eigenvalue weighted by atomic mass is 16.5. The van der Waals surface area contributed by atoms with Gasteiger partial charge in [-0.3, -0.25) is 0 Å². The molecule has 1 aliphatic heterocycles. The number of aryl methyl sites for hydroxylation is 2. The van der Waals surface area contributed by atoms with Gasteiger partial charge < -0.3 is 19.5 Å². The monoisotopic (exact) mass is 470 g/mol. The predicted octanol–water partition coefficient (Wildman–Crippen LogP) is 4.65. The van der Waals surface area contributed by atoms with Crippen molar-refractivity contribution >= 4 is 28.4 Å². The van der Waals surface area contributed by atoms with Gasteiger partial charge in [-0.25, -0.2) is 15.0 Å². The number of nitrogens with zero attached hydrogens (tertiary/aromatic N) is 7. The average Bonchev–Trinajstić information content (AvgIpc) is 3.49. The van der Waals surface area contributed by atoms with E-state index in [0.717, 1.165) is 52.6 Å². The van der Waals surface area contributed by atoms with E-state index in [1.165, 1.54) is 25.7 Å². The van der Waals surface area contributed by atoms with Crippen LogP contribution >= 0.6 is 0 Å². The van der Waals surface area contributed by atoms with Gasteiger partial charge in [-0.2, -0.15) is 0 Å². The number of fused-ring (bicyclic) bond motifs is 1. The van der Waals surface area contributed by atoms with Gasteiger partial charge in [0.15, 0.2) is 11.6 Å². The molecule has 1 aliphatic carbocycles. The standard InChI is InChI=1S/C26H30N8O/c1-4-35-21-12-18(23-32-28-16-33(23)3)7-8-20(21)30-25-27-13-19-11-17(2)29-24(22(19)31-25)34-14-26(15-34)9-5-6-10-26/h7-8,11-13,16H,4-6,9-10,14-15H2,1-3H3,(H,27,30,31). The Labute approximate surface area is 204 Å². The molecular formula is C26H30N8O. The first-order valence-electron chi connectivity index (χ1n) is 12.3. The molecule has 4 heterocycles. The Morgan fingerprint density at radius 3 is 2.69 bits per heavy atom. The van der Waals surface area contributed by atoms with Gasteiger partial charge in [-0.15, -0.1) is 10.2 Å². The Hall–Kier alpha value is -3.75. The Kier molecular flexibility index (Phi) is 5.27.